The van der Waals surface area contributed by atoms with Crippen molar-refractivity contribution in [1.29, 1.82) is 0 Å². The van der Waals surface area contributed by atoms with Gasteiger partial charge in [-0.3, -0.25) is 9.59 Å². The van der Waals surface area contributed by atoms with E-state index in [4.69, 9.17) is 4.74 Å². The van der Waals surface area contributed by atoms with Crippen LogP contribution in [0.15, 0.2) is 30.3 Å². The molecule has 0 bridgehead atoms. The van der Waals surface area contributed by atoms with Crippen LogP contribution in [-0.2, 0) is 0 Å². The Morgan fingerprint density at radius 1 is 1.30 bits per heavy atom. The van der Waals surface area contributed by atoms with Gasteiger partial charge >= 0.3 is 0 Å². The third kappa shape index (κ3) is 2.72. The molecule has 1 heterocycles. The van der Waals surface area contributed by atoms with Crippen molar-refractivity contribution in [2.45, 2.75) is 6.92 Å². The van der Waals surface area contributed by atoms with E-state index in [0.717, 1.165) is 23.3 Å². The summed E-state index contributed by atoms with van der Waals surface area (Å²) in [5, 5.41) is 0. The van der Waals surface area contributed by atoms with Crippen molar-refractivity contribution < 1.29 is 14.3 Å². The number of hydrogen-bond acceptors (Lipinski definition) is 4. The van der Waals surface area contributed by atoms with Crippen molar-refractivity contribution >= 4 is 29.2 Å². The number of thiophene rings is 1. The number of methoxy groups -OCH3 is 1. The molecule has 5 heteroatoms. The molecule has 104 valence electrons. The van der Waals surface area contributed by atoms with Crippen molar-refractivity contribution in [1.82, 2.24) is 0 Å². The Labute approximate surface area is 121 Å². The molecule has 2 aromatic rings. The Balaban J connectivity index is 2.28. The summed E-state index contributed by atoms with van der Waals surface area (Å²) in [7, 11) is 3.33. The molecular formula is C15H15NO3S. The minimum absolute atomic E-state index is 0.128. The smallest absolute Gasteiger partial charge is 0.268 e. The quantitative estimate of drug-likeness (QED) is 0.812. The molecule has 0 aliphatic rings. The lowest BCUT2D eigenvalue weighted by molar-refractivity contribution is 0.0996. The summed E-state index contributed by atoms with van der Waals surface area (Å²) in [4.78, 5) is 25.7. The zero-order valence-electron chi connectivity index (χ0n) is 11.5. The molecule has 2 rings (SSSR count). The fourth-order valence-corrected chi connectivity index (χ4v) is 2.74. The van der Waals surface area contributed by atoms with Gasteiger partial charge in [0.2, 0.25) is 0 Å². The average molecular weight is 289 g/mol. The summed E-state index contributed by atoms with van der Waals surface area (Å²) in [6.45, 7) is 1.92. The van der Waals surface area contributed by atoms with E-state index in [2.05, 4.69) is 0 Å². The summed E-state index contributed by atoms with van der Waals surface area (Å²) < 4.78 is 5.15. The standard InChI is InChI=1S/C15H15NO3S/c1-10-8-11(19-3)4-6-13(10)16(2)15(18)14-7-5-12(9-17)20-14/h4-9H,1-3H3. The molecule has 1 amide bonds. The number of amides is 1. The van der Waals surface area contributed by atoms with E-state index >= 15 is 0 Å². The highest BCUT2D eigenvalue weighted by molar-refractivity contribution is 7.15. The number of hydrogen-bond donors (Lipinski definition) is 0. The summed E-state index contributed by atoms with van der Waals surface area (Å²) in [5.74, 6) is 0.628. The van der Waals surface area contributed by atoms with Gasteiger partial charge in [-0.05, 0) is 42.8 Å². The molecule has 0 saturated carbocycles. The maximum atomic E-state index is 12.4. The van der Waals surface area contributed by atoms with Crippen LogP contribution in [0.1, 0.15) is 24.9 Å². The number of rotatable bonds is 4. The number of aryl methyl sites for hydroxylation is 1. The van der Waals surface area contributed by atoms with Crippen LogP contribution in [0.4, 0.5) is 5.69 Å². The van der Waals surface area contributed by atoms with Gasteiger partial charge in [-0.15, -0.1) is 11.3 Å². The van der Waals surface area contributed by atoms with Gasteiger partial charge < -0.3 is 9.64 Å². The van der Waals surface area contributed by atoms with Gasteiger partial charge in [-0.2, -0.15) is 0 Å². The summed E-state index contributed by atoms with van der Waals surface area (Å²) in [6, 6.07) is 8.87. The van der Waals surface area contributed by atoms with Gasteiger partial charge in [0, 0.05) is 12.7 Å². The Morgan fingerprint density at radius 3 is 2.60 bits per heavy atom. The van der Waals surface area contributed by atoms with Crippen LogP contribution in [0.25, 0.3) is 0 Å². The molecule has 0 radical (unpaired) electrons. The van der Waals surface area contributed by atoms with Crippen LogP contribution in [0.3, 0.4) is 0 Å². The zero-order chi connectivity index (χ0) is 14.7. The van der Waals surface area contributed by atoms with E-state index < -0.39 is 0 Å². The van der Waals surface area contributed by atoms with Gasteiger partial charge in [0.25, 0.3) is 5.91 Å². The van der Waals surface area contributed by atoms with Crippen molar-refractivity contribution in [2.75, 3.05) is 19.1 Å². The fraction of sp³-hybridized carbons (Fsp3) is 0.200. The predicted molar refractivity (Wildman–Crippen MR) is 80.2 cm³/mol. The van der Waals surface area contributed by atoms with E-state index in [0.29, 0.717) is 9.75 Å². The van der Waals surface area contributed by atoms with Gasteiger partial charge in [0.15, 0.2) is 6.29 Å². The average Bonchev–Trinajstić information content (AvgIpc) is 2.94. The van der Waals surface area contributed by atoms with Crippen LogP contribution >= 0.6 is 11.3 Å². The number of carbonyl (C=O) groups is 2. The molecule has 1 aromatic heterocycles. The Morgan fingerprint density at radius 2 is 2.05 bits per heavy atom. The Bertz CT molecular complexity index is 648. The van der Waals surface area contributed by atoms with Crippen LogP contribution in [0.5, 0.6) is 5.75 Å². The minimum atomic E-state index is -0.128. The lowest BCUT2D eigenvalue weighted by atomic mass is 10.1. The number of ether oxygens (including phenoxy) is 1. The molecule has 4 nitrogen and oxygen atoms in total. The second kappa shape index (κ2) is 5.88. The SMILES string of the molecule is COc1ccc(N(C)C(=O)c2ccc(C=O)s2)c(C)c1. The molecule has 0 saturated heterocycles. The lowest BCUT2D eigenvalue weighted by Gasteiger charge is -2.19. The van der Waals surface area contributed by atoms with Crippen molar-refractivity contribution in [3.05, 3.63) is 45.6 Å². The van der Waals surface area contributed by atoms with E-state index in [9.17, 15) is 9.59 Å². The minimum Gasteiger partial charge on any atom is -0.497 e. The Hall–Kier alpha value is -2.14. The highest BCUT2D eigenvalue weighted by Gasteiger charge is 2.17. The van der Waals surface area contributed by atoms with Gasteiger partial charge in [0.05, 0.1) is 16.9 Å². The summed E-state index contributed by atoms with van der Waals surface area (Å²) in [5.41, 5.74) is 1.77. The molecule has 0 spiro atoms. The fourth-order valence-electron chi connectivity index (χ4n) is 1.94. The monoisotopic (exact) mass is 289 g/mol. The largest absolute Gasteiger partial charge is 0.497 e. The van der Waals surface area contributed by atoms with Crippen LogP contribution in [-0.4, -0.2) is 26.4 Å². The second-order valence-corrected chi connectivity index (χ2v) is 5.45. The number of aldehydes is 1. The Kier molecular flexibility index (Phi) is 4.20. The molecule has 0 atom stereocenters. The summed E-state index contributed by atoms with van der Waals surface area (Å²) in [6.07, 6.45) is 0.750. The van der Waals surface area contributed by atoms with Crippen molar-refractivity contribution in [2.24, 2.45) is 0 Å². The van der Waals surface area contributed by atoms with Crippen molar-refractivity contribution in [3.63, 3.8) is 0 Å². The first kappa shape index (κ1) is 14.3. The van der Waals surface area contributed by atoms with Gasteiger partial charge in [0.1, 0.15) is 5.75 Å². The summed E-state index contributed by atoms with van der Waals surface area (Å²) >= 11 is 1.19. The van der Waals surface area contributed by atoms with Crippen LogP contribution in [0.2, 0.25) is 0 Å². The highest BCUT2D eigenvalue weighted by atomic mass is 32.1. The molecule has 0 aliphatic heterocycles. The van der Waals surface area contributed by atoms with Crippen LogP contribution < -0.4 is 9.64 Å². The molecule has 0 N–H and O–H groups in total. The molecule has 0 unspecified atom stereocenters. The van der Waals surface area contributed by atoms with Crippen LogP contribution in [0, 0.1) is 6.92 Å². The topological polar surface area (TPSA) is 46.6 Å². The number of nitrogens with zero attached hydrogens (tertiary/aromatic N) is 1. The second-order valence-electron chi connectivity index (χ2n) is 4.34. The van der Waals surface area contributed by atoms with E-state index in [-0.39, 0.29) is 5.91 Å². The van der Waals surface area contributed by atoms with E-state index in [1.54, 1.807) is 31.2 Å². The lowest BCUT2D eigenvalue weighted by Crippen LogP contribution is -2.26. The van der Waals surface area contributed by atoms with Gasteiger partial charge in [-0.1, -0.05) is 0 Å². The number of carbonyl (C=O) groups excluding carboxylic acids is 2. The first-order chi connectivity index (χ1) is 9.56. The normalized spacial score (nSPS) is 10.2. The maximum Gasteiger partial charge on any atom is 0.268 e. The number of benzene rings is 1. The molecule has 0 aliphatic carbocycles. The molecule has 20 heavy (non-hydrogen) atoms. The first-order valence-corrected chi connectivity index (χ1v) is 6.86. The third-order valence-electron chi connectivity index (χ3n) is 3.02. The molecular weight excluding hydrogens is 274 g/mol. The highest BCUT2D eigenvalue weighted by Crippen LogP contribution is 2.26. The predicted octanol–water partition coefficient (Wildman–Crippen LogP) is 3.15. The van der Waals surface area contributed by atoms with Gasteiger partial charge in [-0.25, -0.2) is 0 Å². The molecule has 1 aromatic carbocycles. The van der Waals surface area contributed by atoms with Crippen molar-refractivity contribution in [3.8, 4) is 5.75 Å². The third-order valence-corrected chi connectivity index (χ3v) is 4.02. The maximum absolute atomic E-state index is 12.4. The molecule has 0 fully saturated rings. The van der Waals surface area contributed by atoms with E-state index in [1.165, 1.54) is 11.3 Å². The first-order valence-electron chi connectivity index (χ1n) is 6.04. The zero-order valence-corrected chi connectivity index (χ0v) is 12.4. The van der Waals surface area contributed by atoms with E-state index in [1.807, 2.05) is 25.1 Å². The number of anilines is 1.